The molecule has 44 valence electrons. The van der Waals surface area contributed by atoms with Crippen molar-refractivity contribution < 1.29 is 4.39 Å². The average Bonchev–Trinajstić information content (AvgIpc) is 1.90. The Morgan fingerprint density at radius 1 is 1.44 bits per heavy atom. The number of hydrogen-bond acceptors (Lipinski definition) is 2. The van der Waals surface area contributed by atoms with Crippen molar-refractivity contribution in [1.82, 2.24) is 9.97 Å². The van der Waals surface area contributed by atoms with Crippen LogP contribution in [0.15, 0.2) is 12.4 Å². The third kappa shape index (κ3) is 1.19. The molecular formula is C5H2FN3. The zero-order valence-corrected chi connectivity index (χ0v) is 4.37. The second-order valence-corrected chi connectivity index (χ2v) is 1.31. The van der Waals surface area contributed by atoms with Crippen molar-refractivity contribution in [3.63, 3.8) is 0 Å². The van der Waals surface area contributed by atoms with E-state index in [0.29, 0.717) is 0 Å². The highest BCUT2D eigenvalue weighted by molar-refractivity contribution is 5.22. The summed E-state index contributed by atoms with van der Waals surface area (Å²) in [7, 11) is 0. The van der Waals surface area contributed by atoms with E-state index in [1.165, 1.54) is 0 Å². The first-order valence-electron chi connectivity index (χ1n) is 2.18. The van der Waals surface area contributed by atoms with Crippen molar-refractivity contribution in [2.24, 2.45) is 0 Å². The second-order valence-electron chi connectivity index (χ2n) is 1.31. The van der Waals surface area contributed by atoms with Crippen molar-refractivity contribution in [2.75, 3.05) is 0 Å². The Morgan fingerprint density at radius 2 is 2.00 bits per heavy atom. The highest BCUT2D eigenvalue weighted by Crippen LogP contribution is 1.99. The van der Waals surface area contributed by atoms with Crippen molar-refractivity contribution in [3.8, 4) is 0 Å². The smallest absolute Gasteiger partial charge is 0.371 e. The lowest BCUT2D eigenvalue weighted by molar-refractivity contribution is 0.615. The lowest BCUT2D eigenvalue weighted by Gasteiger charge is -1.81. The molecule has 0 amide bonds. The highest BCUT2D eigenvalue weighted by atomic mass is 19.1. The Kier molecular flexibility index (Phi) is 1.36. The topological polar surface area (TPSA) is 30.1 Å². The van der Waals surface area contributed by atoms with Crippen molar-refractivity contribution in [2.45, 2.75) is 0 Å². The Hall–Kier alpha value is -1.50. The van der Waals surface area contributed by atoms with Gasteiger partial charge in [-0.25, -0.2) is 4.39 Å². The molecule has 1 aromatic rings. The van der Waals surface area contributed by atoms with Crippen LogP contribution in [-0.4, -0.2) is 9.97 Å². The minimum Gasteiger partial charge on any atom is -0.394 e. The van der Waals surface area contributed by atoms with E-state index in [-0.39, 0.29) is 5.95 Å². The molecule has 0 bridgehead atoms. The standard InChI is InChI=1S/C5H2FN3/c1-7-5-8-2-4(6)3-9-5/h2-3H. The maximum absolute atomic E-state index is 12.0. The van der Waals surface area contributed by atoms with Gasteiger partial charge in [0, 0.05) is 0 Å². The van der Waals surface area contributed by atoms with E-state index in [0.717, 1.165) is 12.4 Å². The van der Waals surface area contributed by atoms with Crippen molar-refractivity contribution in [3.05, 3.63) is 29.6 Å². The summed E-state index contributed by atoms with van der Waals surface area (Å²) in [5.74, 6) is -0.557. The summed E-state index contributed by atoms with van der Waals surface area (Å²) in [6.45, 7) is 6.39. The second kappa shape index (κ2) is 2.18. The van der Waals surface area contributed by atoms with E-state index in [2.05, 4.69) is 14.8 Å². The number of rotatable bonds is 0. The van der Waals surface area contributed by atoms with E-state index >= 15 is 0 Å². The normalized spacial score (nSPS) is 8.44. The molecule has 0 saturated carbocycles. The Balaban J connectivity index is 3.06. The molecule has 0 N–H and O–H groups in total. The third-order valence-corrected chi connectivity index (χ3v) is 0.707. The predicted octanol–water partition coefficient (Wildman–Crippen LogP) is 1.17. The lowest BCUT2D eigenvalue weighted by atomic mass is 10.6. The summed E-state index contributed by atoms with van der Waals surface area (Å²) < 4.78 is 12.0. The van der Waals surface area contributed by atoms with Gasteiger partial charge in [0.05, 0.1) is 0 Å². The summed E-state index contributed by atoms with van der Waals surface area (Å²) in [4.78, 5) is 9.59. The van der Waals surface area contributed by atoms with Gasteiger partial charge in [0.2, 0.25) is 0 Å². The molecule has 1 rings (SSSR count). The first-order valence-corrected chi connectivity index (χ1v) is 2.18. The zero-order valence-electron chi connectivity index (χ0n) is 4.37. The molecule has 0 saturated heterocycles. The predicted molar refractivity (Wildman–Crippen MR) is 28.3 cm³/mol. The van der Waals surface area contributed by atoms with Gasteiger partial charge in [-0.15, -0.1) is 6.57 Å². The molecule has 4 heteroatoms. The average molecular weight is 123 g/mol. The van der Waals surface area contributed by atoms with Gasteiger partial charge in [0.25, 0.3) is 0 Å². The molecule has 0 radical (unpaired) electrons. The van der Waals surface area contributed by atoms with Gasteiger partial charge in [-0.05, 0) is 0 Å². The lowest BCUT2D eigenvalue weighted by Crippen LogP contribution is -1.79. The van der Waals surface area contributed by atoms with E-state index in [9.17, 15) is 4.39 Å². The summed E-state index contributed by atoms with van der Waals surface area (Å²) in [5.41, 5.74) is 0. The molecule has 0 fully saturated rings. The molecule has 0 spiro atoms. The molecule has 3 nitrogen and oxygen atoms in total. The maximum atomic E-state index is 12.0. The minimum atomic E-state index is -0.526. The molecule has 0 aliphatic rings. The van der Waals surface area contributed by atoms with Gasteiger partial charge in [-0.3, -0.25) is 0 Å². The monoisotopic (exact) mass is 123 g/mol. The number of halogens is 1. The molecule has 0 aliphatic heterocycles. The molecule has 1 aromatic heterocycles. The summed E-state index contributed by atoms with van der Waals surface area (Å²) >= 11 is 0. The maximum Gasteiger partial charge on any atom is 0.371 e. The summed E-state index contributed by atoms with van der Waals surface area (Å²) in [5, 5.41) is 0. The van der Waals surface area contributed by atoms with Crippen molar-refractivity contribution >= 4 is 5.95 Å². The van der Waals surface area contributed by atoms with E-state index in [1.54, 1.807) is 0 Å². The number of hydrogen-bond donors (Lipinski definition) is 0. The van der Waals surface area contributed by atoms with Crippen LogP contribution in [0.4, 0.5) is 10.3 Å². The molecule has 0 unspecified atom stereocenters. The Morgan fingerprint density at radius 3 is 2.44 bits per heavy atom. The van der Waals surface area contributed by atoms with Crippen LogP contribution in [0.2, 0.25) is 0 Å². The molecule has 0 atom stereocenters. The first-order chi connectivity index (χ1) is 4.33. The fourth-order valence-electron chi connectivity index (χ4n) is 0.363. The van der Waals surface area contributed by atoms with E-state index < -0.39 is 5.82 Å². The fourth-order valence-corrected chi connectivity index (χ4v) is 0.363. The van der Waals surface area contributed by atoms with Crippen LogP contribution in [0, 0.1) is 12.4 Å². The van der Waals surface area contributed by atoms with Crippen molar-refractivity contribution in [1.29, 1.82) is 0 Å². The van der Waals surface area contributed by atoms with Crippen LogP contribution >= 0.6 is 0 Å². The van der Waals surface area contributed by atoms with Crippen LogP contribution in [0.5, 0.6) is 0 Å². The van der Waals surface area contributed by atoms with Gasteiger partial charge in [0.1, 0.15) is 12.4 Å². The van der Waals surface area contributed by atoms with E-state index in [4.69, 9.17) is 6.57 Å². The first kappa shape index (κ1) is 5.63. The minimum absolute atomic E-state index is 0.0311. The van der Waals surface area contributed by atoms with Crippen LogP contribution < -0.4 is 0 Å². The van der Waals surface area contributed by atoms with Gasteiger partial charge >= 0.3 is 5.95 Å². The highest BCUT2D eigenvalue weighted by Gasteiger charge is 1.94. The fraction of sp³-hybridized carbons (Fsp3) is 0. The van der Waals surface area contributed by atoms with E-state index in [1.807, 2.05) is 0 Å². The third-order valence-electron chi connectivity index (χ3n) is 0.707. The largest absolute Gasteiger partial charge is 0.394 e. The summed E-state index contributed by atoms with van der Waals surface area (Å²) in [6.07, 6.45) is 1.92. The molecule has 0 aliphatic carbocycles. The SMILES string of the molecule is [C-]#[N+]c1ncc(F)cn1. The van der Waals surface area contributed by atoms with Gasteiger partial charge < -0.3 is 4.85 Å². The van der Waals surface area contributed by atoms with Gasteiger partial charge in [-0.2, -0.15) is 9.97 Å². The van der Waals surface area contributed by atoms with Gasteiger partial charge in [-0.1, -0.05) is 0 Å². The van der Waals surface area contributed by atoms with Crippen LogP contribution in [-0.2, 0) is 0 Å². The number of aromatic nitrogens is 2. The zero-order chi connectivity index (χ0) is 6.69. The molecule has 9 heavy (non-hydrogen) atoms. The Labute approximate surface area is 51.0 Å². The molecular weight excluding hydrogens is 121 g/mol. The Bertz CT molecular complexity index is 235. The quantitative estimate of drug-likeness (QED) is 0.484. The van der Waals surface area contributed by atoms with Crippen LogP contribution in [0.1, 0.15) is 0 Å². The molecule has 1 heterocycles. The number of nitrogens with zero attached hydrogens (tertiary/aromatic N) is 3. The summed E-state index contributed by atoms with van der Waals surface area (Å²) in [6, 6.07) is 0. The van der Waals surface area contributed by atoms with Crippen LogP contribution in [0.3, 0.4) is 0 Å². The van der Waals surface area contributed by atoms with Gasteiger partial charge in [0.15, 0.2) is 5.82 Å². The molecule has 0 aromatic carbocycles. The van der Waals surface area contributed by atoms with Crippen LogP contribution in [0.25, 0.3) is 4.85 Å².